The Morgan fingerprint density at radius 1 is 0.192 bits per heavy atom. The first-order valence-electron chi connectivity index (χ1n) is 38.3. The molecule has 0 heterocycles. The highest BCUT2D eigenvalue weighted by Gasteiger charge is 2.32. The third-order valence-corrected chi connectivity index (χ3v) is 50.3. The first kappa shape index (κ1) is 102. The Labute approximate surface area is 786 Å². The smallest absolute Gasteiger partial charge is 0.203 e. The van der Waals surface area contributed by atoms with Crippen LogP contribution in [0.1, 0.15) is 100 Å². The molecule has 636 valence electrons. The van der Waals surface area contributed by atoms with E-state index in [2.05, 4.69) is 166 Å². The van der Waals surface area contributed by atoms with Crippen molar-refractivity contribution in [3.05, 3.63) is 319 Å². The number of benzene rings is 12. The van der Waals surface area contributed by atoms with Crippen LogP contribution in [-0.2, 0) is 27.4 Å². The Hall–Kier alpha value is -5.05. The number of hydrogen-bond acceptors (Lipinski definition) is 12. The second-order valence-electron chi connectivity index (χ2n) is 29.9. The zero-order valence-corrected chi connectivity index (χ0v) is 90.4. The van der Waals surface area contributed by atoms with E-state index in [4.69, 9.17) is 28.4 Å². The number of rotatable bonds is 18. The molecule has 0 fully saturated rings. The molecular weight excluding hydrogens is 2250 g/mol. The van der Waals surface area contributed by atoms with Crippen molar-refractivity contribution in [3.8, 4) is 34.5 Å². The van der Waals surface area contributed by atoms with E-state index < -0.39 is 29.8 Å². The molecule has 12 nitrogen and oxygen atoms in total. The molecule has 0 spiro atoms. The number of aryl methyl sites for hydroxylation is 18. The third kappa shape index (κ3) is 25.6. The van der Waals surface area contributed by atoms with Crippen molar-refractivity contribution < 1.29 is 55.8 Å². The Morgan fingerprint density at radius 2 is 0.342 bits per heavy atom. The maximum absolute atomic E-state index is 13.5. The second kappa shape index (κ2) is 44.4. The Morgan fingerprint density at radius 3 is 0.517 bits per heavy atom. The van der Waals surface area contributed by atoms with Gasteiger partial charge in [0.1, 0.15) is 34.5 Å². The summed E-state index contributed by atoms with van der Waals surface area (Å²) < 4.78 is 112. The van der Waals surface area contributed by atoms with E-state index in [0.29, 0.717) is 0 Å². The maximum atomic E-state index is 13.5. The molecule has 0 unspecified atom stereocenters. The molecule has 0 atom stereocenters. The highest BCUT2D eigenvalue weighted by Crippen LogP contribution is 2.58. The number of ether oxygens (including phenoxy) is 6. The lowest BCUT2D eigenvalue weighted by atomic mass is 10.1. The summed E-state index contributed by atoms with van der Waals surface area (Å²) in [6.07, 6.45) is 0. The minimum atomic E-state index is -2.86. The molecule has 0 aromatic heterocycles. The fraction of sp³-hybridized carbons (Fsp3) is 0.250. The molecule has 0 N–H and O–H groups in total. The van der Waals surface area contributed by atoms with Crippen LogP contribution < -0.4 is 92.1 Å². The van der Waals surface area contributed by atoms with Crippen molar-refractivity contribution in [2.24, 2.45) is 0 Å². The zero-order chi connectivity index (χ0) is 89.5. The quantitative estimate of drug-likeness (QED) is 0.0592. The van der Waals surface area contributed by atoms with Crippen LogP contribution >= 0.6 is 155 Å². The lowest BCUT2D eigenvalue weighted by Gasteiger charge is -2.18. The fourth-order valence-corrected chi connectivity index (χ4v) is 34.2. The predicted octanol–water partition coefficient (Wildman–Crippen LogP) is 25.7. The summed E-state index contributed by atoms with van der Waals surface area (Å²) in [5, 5.41) is 10.4. The Kier molecular flexibility index (Phi) is 37.7. The van der Waals surface area contributed by atoms with Gasteiger partial charge in [-0.05, 0) is 304 Å². The predicted molar refractivity (Wildman–Crippen MR) is 562 cm³/mol. The molecule has 0 saturated heterocycles. The van der Waals surface area contributed by atoms with E-state index in [1.54, 1.807) is 42.7 Å². The first-order valence-corrected chi connectivity index (χ1v) is 64.5. The van der Waals surface area contributed by atoms with Gasteiger partial charge in [0, 0.05) is 174 Å². The molecule has 0 radical (unpaired) electrons. The van der Waals surface area contributed by atoms with Gasteiger partial charge < -0.3 is 55.8 Å². The zero-order valence-electron chi connectivity index (χ0n) is 72.6. The van der Waals surface area contributed by atoms with E-state index in [9.17, 15) is 27.4 Å². The van der Waals surface area contributed by atoms with E-state index in [-0.39, 0.29) is 0 Å². The molecule has 24 heteroatoms. The normalized spacial score (nSPS) is 11.4. The molecule has 12 rings (SSSR count). The van der Waals surface area contributed by atoms with Crippen LogP contribution in [0.2, 0.25) is 0 Å². The third-order valence-electron chi connectivity index (χ3n) is 19.9. The number of hydrogen-bond donors (Lipinski definition) is 0. The van der Waals surface area contributed by atoms with Crippen molar-refractivity contribution in [3.63, 3.8) is 0 Å². The summed E-state index contributed by atoms with van der Waals surface area (Å²) in [6.45, 7) is 36.0. The van der Waals surface area contributed by atoms with Crippen molar-refractivity contribution in [2.45, 2.75) is 125 Å². The average Bonchev–Trinajstić information content (AvgIpc) is 0.779. The SMILES string of the molecule is COc1c(C)cc(P(=O)(Br)c2cc(C)c(OC)c(C)c2)cc1C.COc1c(C)cc(P(=O)(I)c2cc(C)c(OC)c(C)c2)cc1C.COc1c(C)cc(P(=O)(I)c2cc(C)c(OC)c(C)c2)cc1C.Cc1cc(C)cc(P(=O)(I)c2cc(C)cc(C)c2)c1.Cc1ccc(P(=O)(I)c2ccc(C)cc2)cc1.O=P(I)(c1ccccc1)c1ccccc1. The maximum Gasteiger partial charge on any atom is 0.203 e. The van der Waals surface area contributed by atoms with Gasteiger partial charge in [-0.3, -0.25) is 0 Å². The monoisotopic (exact) mass is 2350 g/mol. The molecule has 0 bridgehead atoms. The minimum Gasteiger partial charge on any atom is -0.496 e. The molecule has 120 heavy (non-hydrogen) atoms. The van der Waals surface area contributed by atoms with Crippen LogP contribution in [0.3, 0.4) is 0 Å². The van der Waals surface area contributed by atoms with E-state index in [1.165, 1.54) is 11.1 Å². The molecular formula is C96H108BrI5O12P6. The van der Waals surface area contributed by atoms with Gasteiger partial charge in [-0.2, -0.15) is 0 Å². The Balaban J connectivity index is 0.000000200. The van der Waals surface area contributed by atoms with Gasteiger partial charge in [-0.1, -0.05) is 155 Å². The van der Waals surface area contributed by atoms with Crippen LogP contribution in [0, 0.1) is 125 Å². The topological polar surface area (TPSA) is 158 Å². The van der Waals surface area contributed by atoms with Crippen LogP contribution in [0.4, 0.5) is 0 Å². The van der Waals surface area contributed by atoms with Gasteiger partial charge >= 0.3 is 0 Å². The summed E-state index contributed by atoms with van der Waals surface area (Å²) in [4.78, 5) is -12.8. The summed E-state index contributed by atoms with van der Waals surface area (Å²) in [6, 6.07) is 70.9. The molecule has 12 aromatic carbocycles. The van der Waals surface area contributed by atoms with E-state index in [0.717, 1.165) is 187 Å². The van der Waals surface area contributed by atoms with E-state index >= 15 is 0 Å². The van der Waals surface area contributed by atoms with Crippen LogP contribution in [-0.4, -0.2) is 42.7 Å². The molecule has 0 amide bonds. The summed E-state index contributed by atoms with van der Waals surface area (Å²) in [5.41, 5.74) is 18.9. The Bertz CT molecular complexity index is 5150. The lowest BCUT2D eigenvalue weighted by molar-refractivity contribution is 0.408. The van der Waals surface area contributed by atoms with Gasteiger partial charge in [0.2, 0.25) is 5.84 Å². The van der Waals surface area contributed by atoms with Crippen LogP contribution in [0.15, 0.2) is 218 Å². The number of methoxy groups -OCH3 is 6. The molecule has 0 aliphatic carbocycles. The highest BCUT2D eigenvalue weighted by atomic mass is 127. The van der Waals surface area contributed by atoms with Gasteiger partial charge in [-0.15, -0.1) is 0 Å². The number of halogens is 6. The molecule has 0 saturated carbocycles. The average molecular weight is 2350 g/mol. The largest absolute Gasteiger partial charge is 0.496 e. The van der Waals surface area contributed by atoms with Gasteiger partial charge in [0.05, 0.1) is 42.7 Å². The highest BCUT2D eigenvalue weighted by molar-refractivity contribution is 14.2. The van der Waals surface area contributed by atoms with E-state index in [1.807, 2.05) is 303 Å². The molecule has 0 aliphatic heterocycles. The van der Waals surface area contributed by atoms with Crippen molar-refractivity contribution in [2.75, 3.05) is 42.7 Å². The first-order chi connectivity index (χ1) is 56.1. The second-order valence-corrected chi connectivity index (χ2v) is 65.9. The molecule has 0 aliphatic rings. The summed E-state index contributed by atoms with van der Waals surface area (Å²) in [7, 11) is 9.95. The lowest BCUT2D eigenvalue weighted by Crippen LogP contribution is -2.15. The fourth-order valence-electron chi connectivity index (χ4n) is 14.3. The summed E-state index contributed by atoms with van der Waals surface area (Å²) >= 11 is 14.0. The minimum absolute atomic E-state index is 0.775. The van der Waals surface area contributed by atoms with Gasteiger partial charge in [0.15, 0.2) is 23.9 Å². The molecule has 12 aromatic rings. The van der Waals surface area contributed by atoms with Crippen LogP contribution in [0.5, 0.6) is 34.5 Å². The van der Waals surface area contributed by atoms with Crippen molar-refractivity contribution in [1.82, 2.24) is 0 Å². The summed E-state index contributed by atoms with van der Waals surface area (Å²) in [5.74, 6) is 2.22. The van der Waals surface area contributed by atoms with Crippen LogP contribution in [0.25, 0.3) is 0 Å². The van der Waals surface area contributed by atoms with Crippen molar-refractivity contribution >= 4 is 219 Å². The standard InChI is InChI=1S/C18H22BrO3P.2C18H22IO3P.C16H18IOP.C14H14IOP.C12H10IOP/c3*1-11-7-15(8-12(2)17(11)21-5)23(19,20)16-9-13(3)18(22-6)14(4)10-16;1-11-5-12(2)8-15(7-11)19(17,18)16-9-13(3)6-14(4)10-16;1-11-3-7-13(8-4-11)17(15,16)14-9-5-12(2)6-10-14;13-15(14,11-7-3-1-4-8-11)12-9-5-2-6-10-12/h3*7-10H,1-6H3;5-10H,1-4H3;3-10H,1-2H3;1-10H. The van der Waals surface area contributed by atoms with Gasteiger partial charge in [-0.25, -0.2) is 0 Å². The van der Waals surface area contributed by atoms with Gasteiger partial charge in [0.25, 0.3) is 0 Å². The van der Waals surface area contributed by atoms with Crippen molar-refractivity contribution in [1.29, 1.82) is 0 Å².